The highest BCUT2D eigenvalue weighted by Gasteiger charge is 2.34. The van der Waals surface area contributed by atoms with E-state index in [-0.39, 0.29) is 0 Å². The largest absolute Gasteiger partial charge is 0.328 e. The number of nitrogens with one attached hydrogen (secondary N) is 1. The smallest absolute Gasteiger partial charge is 0.112 e. The molecule has 1 aliphatic heterocycles. The van der Waals surface area contributed by atoms with Crippen molar-refractivity contribution in [1.82, 2.24) is 14.9 Å². The number of nitrogens with zero attached hydrogens (tertiary/aromatic N) is 2. The van der Waals surface area contributed by atoms with E-state index in [9.17, 15) is 0 Å². The monoisotopic (exact) mass is 261 g/mol. The van der Waals surface area contributed by atoms with Gasteiger partial charge >= 0.3 is 0 Å². The summed E-state index contributed by atoms with van der Waals surface area (Å²) in [7, 11) is 0. The fourth-order valence-electron chi connectivity index (χ4n) is 3.62. The van der Waals surface area contributed by atoms with E-state index in [0.717, 1.165) is 31.3 Å². The molecule has 106 valence electrons. The van der Waals surface area contributed by atoms with Gasteiger partial charge in [-0.1, -0.05) is 26.7 Å². The average Bonchev–Trinajstić information content (AvgIpc) is 3.20. The van der Waals surface area contributed by atoms with Crippen molar-refractivity contribution in [1.29, 1.82) is 0 Å². The van der Waals surface area contributed by atoms with Gasteiger partial charge in [-0.05, 0) is 25.7 Å². The second-order valence-corrected chi connectivity index (χ2v) is 6.25. The fraction of sp³-hybridized carbons (Fsp3) is 0.812. The van der Waals surface area contributed by atoms with E-state index < -0.39 is 0 Å². The Balaban J connectivity index is 1.99. The van der Waals surface area contributed by atoms with Crippen LogP contribution in [-0.2, 0) is 13.0 Å². The Kier molecular flexibility index (Phi) is 3.66. The summed E-state index contributed by atoms with van der Waals surface area (Å²) in [6.07, 6.45) is 6.39. The van der Waals surface area contributed by atoms with Crippen LogP contribution in [0.3, 0.4) is 0 Å². The quantitative estimate of drug-likeness (QED) is 0.880. The molecule has 3 heteroatoms. The third kappa shape index (κ3) is 2.33. The van der Waals surface area contributed by atoms with Crippen LogP contribution in [0.15, 0.2) is 0 Å². The zero-order valence-electron chi connectivity index (χ0n) is 12.6. The van der Waals surface area contributed by atoms with Crippen LogP contribution in [0.1, 0.15) is 75.6 Å². The highest BCUT2D eigenvalue weighted by molar-refractivity contribution is 5.25. The lowest BCUT2D eigenvalue weighted by atomic mass is 9.94. The number of hydrogen-bond acceptors (Lipinski definition) is 2. The molecule has 1 atom stereocenters. The molecule has 3 nitrogen and oxygen atoms in total. The third-order valence-electron chi connectivity index (χ3n) is 5.03. The molecule has 1 unspecified atom stereocenters. The first kappa shape index (κ1) is 13.2. The third-order valence-corrected chi connectivity index (χ3v) is 5.03. The minimum Gasteiger partial charge on any atom is -0.328 e. The van der Waals surface area contributed by atoms with Crippen molar-refractivity contribution in [3.63, 3.8) is 0 Å². The fourth-order valence-corrected chi connectivity index (χ4v) is 3.62. The van der Waals surface area contributed by atoms with Gasteiger partial charge in [-0.25, -0.2) is 4.98 Å². The van der Waals surface area contributed by atoms with Crippen LogP contribution in [0, 0.1) is 5.92 Å². The van der Waals surface area contributed by atoms with E-state index in [4.69, 9.17) is 4.98 Å². The zero-order chi connectivity index (χ0) is 13.4. The summed E-state index contributed by atoms with van der Waals surface area (Å²) in [5.41, 5.74) is 2.85. The van der Waals surface area contributed by atoms with E-state index in [1.54, 1.807) is 0 Å². The first-order valence-corrected chi connectivity index (χ1v) is 8.06. The molecule has 19 heavy (non-hydrogen) atoms. The van der Waals surface area contributed by atoms with E-state index >= 15 is 0 Å². The lowest BCUT2D eigenvalue weighted by molar-refractivity contribution is 0.318. The molecule has 0 amide bonds. The first-order chi connectivity index (χ1) is 9.26. The lowest BCUT2D eigenvalue weighted by Gasteiger charge is -2.27. The van der Waals surface area contributed by atoms with Gasteiger partial charge in [0.25, 0.3) is 0 Å². The summed E-state index contributed by atoms with van der Waals surface area (Å²) in [6, 6.07) is 0.611. The summed E-state index contributed by atoms with van der Waals surface area (Å²) in [5.74, 6) is 2.93. The first-order valence-electron chi connectivity index (χ1n) is 8.06. The maximum absolute atomic E-state index is 4.99. The summed E-state index contributed by atoms with van der Waals surface area (Å²) >= 11 is 0. The van der Waals surface area contributed by atoms with Crippen LogP contribution in [0.2, 0.25) is 0 Å². The molecule has 0 spiro atoms. The predicted molar refractivity (Wildman–Crippen MR) is 78.4 cm³/mol. The molecule has 0 radical (unpaired) electrons. The van der Waals surface area contributed by atoms with Crippen LogP contribution >= 0.6 is 0 Å². The van der Waals surface area contributed by atoms with E-state index in [1.807, 2.05) is 0 Å². The van der Waals surface area contributed by atoms with Crippen molar-refractivity contribution in [2.45, 2.75) is 71.4 Å². The molecule has 0 aromatic carbocycles. The minimum atomic E-state index is 0.611. The standard InChI is InChI=1S/C16H27N3/c1-4-12(5-2)11(3)19-15-8-9-17-10-14(15)18-16(19)13-6-7-13/h11-13,17H,4-10H2,1-3H3. The summed E-state index contributed by atoms with van der Waals surface area (Å²) < 4.78 is 2.63. The molecule has 2 aliphatic rings. The molecule has 0 bridgehead atoms. The van der Waals surface area contributed by atoms with Crippen molar-refractivity contribution in [3.05, 3.63) is 17.2 Å². The molecule has 1 aromatic heterocycles. The van der Waals surface area contributed by atoms with Gasteiger partial charge in [0, 0.05) is 37.2 Å². The molecular weight excluding hydrogens is 234 g/mol. The molecule has 3 rings (SSSR count). The Morgan fingerprint density at radius 2 is 2.05 bits per heavy atom. The Hall–Kier alpha value is -0.830. The molecule has 0 saturated heterocycles. The van der Waals surface area contributed by atoms with Crippen molar-refractivity contribution in [3.8, 4) is 0 Å². The van der Waals surface area contributed by atoms with Gasteiger partial charge in [0.05, 0.1) is 5.69 Å². The predicted octanol–water partition coefficient (Wildman–Crippen LogP) is 3.40. The van der Waals surface area contributed by atoms with Gasteiger partial charge in [-0.2, -0.15) is 0 Å². The number of aromatic nitrogens is 2. The van der Waals surface area contributed by atoms with Crippen molar-refractivity contribution in [2.24, 2.45) is 5.92 Å². The number of hydrogen-bond donors (Lipinski definition) is 1. The van der Waals surface area contributed by atoms with Crippen LogP contribution < -0.4 is 5.32 Å². The highest BCUT2D eigenvalue weighted by Crippen LogP contribution is 2.43. The van der Waals surface area contributed by atoms with Crippen LogP contribution in [0.25, 0.3) is 0 Å². The summed E-state index contributed by atoms with van der Waals surface area (Å²) in [4.78, 5) is 4.99. The topological polar surface area (TPSA) is 29.9 Å². The van der Waals surface area contributed by atoms with Crippen LogP contribution in [0.4, 0.5) is 0 Å². The van der Waals surface area contributed by atoms with E-state index in [1.165, 1.54) is 42.9 Å². The van der Waals surface area contributed by atoms with E-state index in [2.05, 4.69) is 30.7 Å². The Labute approximate surface area is 116 Å². The van der Waals surface area contributed by atoms with Gasteiger partial charge in [-0.15, -0.1) is 0 Å². The molecular formula is C16H27N3. The minimum absolute atomic E-state index is 0.611. The summed E-state index contributed by atoms with van der Waals surface area (Å²) in [6.45, 7) is 9.14. The van der Waals surface area contributed by atoms with E-state index in [0.29, 0.717) is 6.04 Å². The Morgan fingerprint density at radius 3 is 2.68 bits per heavy atom. The van der Waals surface area contributed by atoms with Gasteiger partial charge in [0.1, 0.15) is 5.82 Å². The Bertz CT molecular complexity index is 441. The molecule has 1 saturated carbocycles. The molecule has 1 N–H and O–H groups in total. The second-order valence-electron chi connectivity index (χ2n) is 6.25. The van der Waals surface area contributed by atoms with Crippen LogP contribution in [0.5, 0.6) is 0 Å². The molecule has 1 aromatic rings. The number of imidazole rings is 1. The lowest BCUT2D eigenvalue weighted by Crippen LogP contribution is -2.27. The molecule has 1 aliphatic carbocycles. The van der Waals surface area contributed by atoms with Gasteiger partial charge < -0.3 is 9.88 Å². The number of fused-ring (bicyclic) bond motifs is 1. The van der Waals surface area contributed by atoms with Gasteiger partial charge in [0.15, 0.2) is 0 Å². The number of rotatable bonds is 5. The van der Waals surface area contributed by atoms with Crippen molar-refractivity contribution < 1.29 is 0 Å². The average molecular weight is 261 g/mol. The normalized spacial score (nSPS) is 20.6. The molecule has 1 fully saturated rings. The van der Waals surface area contributed by atoms with Crippen molar-refractivity contribution in [2.75, 3.05) is 6.54 Å². The van der Waals surface area contributed by atoms with Gasteiger partial charge in [0.2, 0.25) is 0 Å². The zero-order valence-corrected chi connectivity index (χ0v) is 12.6. The maximum atomic E-state index is 4.99. The molecule has 2 heterocycles. The SMILES string of the molecule is CCC(CC)C(C)n1c(C2CC2)nc2c1CCNC2. The van der Waals surface area contributed by atoms with Crippen LogP contribution in [-0.4, -0.2) is 16.1 Å². The second kappa shape index (κ2) is 5.28. The van der Waals surface area contributed by atoms with Crippen molar-refractivity contribution >= 4 is 0 Å². The maximum Gasteiger partial charge on any atom is 0.112 e. The van der Waals surface area contributed by atoms with Gasteiger partial charge in [-0.3, -0.25) is 0 Å². The highest BCUT2D eigenvalue weighted by atomic mass is 15.2. The Morgan fingerprint density at radius 1 is 1.32 bits per heavy atom. The summed E-state index contributed by atoms with van der Waals surface area (Å²) in [5, 5.41) is 3.46.